The molecule has 0 aliphatic carbocycles. The number of anilines is 1. The zero-order valence-electron chi connectivity index (χ0n) is 14.5. The highest BCUT2D eigenvalue weighted by atomic mass is 16.6. The van der Waals surface area contributed by atoms with Gasteiger partial charge in [-0.15, -0.1) is 0 Å². The van der Waals surface area contributed by atoms with Gasteiger partial charge in [-0.25, -0.2) is 4.68 Å². The molecule has 0 bridgehead atoms. The summed E-state index contributed by atoms with van der Waals surface area (Å²) >= 11 is 0. The molecule has 0 radical (unpaired) electrons. The van der Waals surface area contributed by atoms with Crippen molar-refractivity contribution in [1.82, 2.24) is 14.8 Å². The quantitative estimate of drug-likeness (QED) is 0.497. The topological polar surface area (TPSA) is 112 Å². The van der Waals surface area contributed by atoms with Crippen LogP contribution in [0.4, 0.5) is 11.6 Å². The first-order valence-corrected chi connectivity index (χ1v) is 8.35. The number of rotatable bonds is 5. The lowest BCUT2D eigenvalue weighted by atomic mass is 9.87. The molecule has 1 aliphatic rings. The molecule has 3 rings (SSSR count). The van der Waals surface area contributed by atoms with Gasteiger partial charge >= 0.3 is 5.97 Å². The second kappa shape index (κ2) is 7.34. The van der Waals surface area contributed by atoms with Gasteiger partial charge < -0.3 is 10.1 Å². The van der Waals surface area contributed by atoms with Gasteiger partial charge in [-0.05, 0) is 19.4 Å². The van der Waals surface area contributed by atoms with Gasteiger partial charge in [0.15, 0.2) is 0 Å². The molecule has 0 unspecified atom stereocenters. The lowest BCUT2D eigenvalue weighted by molar-refractivity contribution is -0.385. The summed E-state index contributed by atoms with van der Waals surface area (Å²) in [6, 6.07) is 5.61. The molecule has 1 N–H and O–H groups in total. The normalized spacial score (nSPS) is 20.3. The number of carbonyl (C=O) groups excluding carboxylic acids is 1. The van der Waals surface area contributed by atoms with E-state index < -0.39 is 22.9 Å². The highest BCUT2D eigenvalue weighted by Gasteiger charge is 2.43. The average Bonchev–Trinajstić information content (AvgIpc) is 3.09. The number of benzene rings is 1. The number of nitrogens with zero attached hydrogens (tertiary/aromatic N) is 4. The largest absolute Gasteiger partial charge is 0.465 e. The Kier molecular flexibility index (Phi) is 4.97. The Balaban J connectivity index is 2.23. The molecule has 1 aromatic carbocycles. The molecule has 1 aromatic heterocycles. The van der Waals surface area contributed by atoms with Crippen LogP contribution in [0.2, 0.25) is 0 Å². The highest BCUT2D eigenvalue weighted by Crippen LogP contribution is 2.41. The van der Waals surface area contributed by atoms with E-state index in [1.165, 1.54) is 17.1 Å². The molecule has 26 heavy (non-hydrogen) atoms. The van der Waals surface area contributed by atoms with Crippen molar-refractivity contribution >= 4 is 17.6 Å². The summed E-state index contributed by atoms with van der Waals surface area (Å²) in [7, 11) is 0. The van der Waals surface area contributed by atoms with Crippen molar-refractivity contribution in [3.05, 3.63) is 58.0 Å². The molecule has 0 saturated carbocycles. The van der Waals surface area contributed by atoms with Crippen LogP contribution in [0.3, 0.4) is 0 Å². The van der Waals surface area contributed by atoms with E-state index in [2.05, 4.69) is 15.4 Å². The summed E-state index contributed by atoms with van der Waals surface area (Å²) in [6.07, 6.45) is 3.89. The number of carbonyl (C=O) groups is 1. The van der Waals surface area contributed by atoms with Crippen molar-refractivity contribution in [2.45, 2.75) is 26.3 Å². The van der Waals surface area contributed by atoms with E-state index >= 15 is 0 Å². The minimum absolute atomic E-state index is 0.0778. The van der Waals surface area contributed by atoms with E-state index in [9.17, 15) is 14.9 Å². The molecule has 0 saturated heterocycles. The Morgan fingerprint density at radius 2 is 2.19 bits per heavy atom. The maximum atomic E-state index is 12.7. The van der Waals surface area contributed by atoms with Gasteiger partial charge in [-0.1, -0.05) is 25.1 Å². The molecule has 1 aliphatic heterocycles. The smallest absolute Gasteiger partial charge is 0.317 e. The summed E-state index contributed by atoms with van der Waals surface area (Å²) < 4.78 is 6.75. The molecule has 0 fully saturated rings. The summed E-state index contributed by atoms with van der Waals surface area (Å²) in [4.78, 5) is 28.0. The van der Waals surface area contributed by atoms with Crippen molar-refractivity contribution < 1.29 is 14.5 Å². The van der Waals surface area contributed by atoms with Crippen molar-refractivity contribution in [3.8, 4) is 0 Å². The zero-order chi connectivity index (χ0) is 18.7. The maximum Gasteiger partial charge on any atom is 0.317 e. The van der Waals surface area contributed by atoms with Crippen molar-refractivity contribution in [2.75, 3.05) is 11.9 Å². The van der Waals surface area contributed by atoms with Gasteiger partial charge in [0.25, 0.3) is 5.69 Å². The van der Waals surface area contributed by atoms with Crippen LogP contribution in [0.25, 0.3) is 0 Å². The predicted octanol–water partition coefficient (Wildman–Crippen LogP) is 2.67. The fourth-order valence-corrected chi connectivity index (χ4v) is 3.16. The number of fused-ring (bicyclic) bond motifs is 1. The molecule has 9 heteroatoms. The summed E-state index contributed by atoms with van der Waals surface area (Å²) in [5.74, 6) is -0.831. The van der Waals surface area contributed by atoms with Crippen LogP contribution in [0.1, 0.15) is 31.9 Å². The number of ether oxygens (including phenoxy) is 1. The standard InChI is InChI=1S/C17H19N5O4/c1-3-7-12-14(16(23)26-4-2)15(21-17(20-12)18-10-19-21)11-8-5-6-9-13(11)22(24)25/h5-10,14-15H,3-4H2,1-2H3,(H,18,19,20)/b12-7-/t14-,15+/m0/s1. The molecule has 2 aromatic rings. The second-order valence-corrected chi connectivity index (χ2v) is 5.71. The van der Waals surface area contributed by atoms with Crippen LogP contribution in [-0.4, -0.2) is 32.3 Å². The Morgan fingerprint density at radius 3 is 2.88 bits per heavy atom. The lowest BCUT2D eigenvalue weighted by Crippen LogP contribution is -2.38. The Morgan fingerprint density at radius 1 is 1.42 bits per heavy atom. The number of hydrogen-bond donors (Lipinski definition) is 1. The summed E-state index contributed by atoms with van der Waals surface area (Å²) in [6.45, 7) is 3.87. The minimum Gasteiger partial charge on any atom is -0.465 e. The Labute approximate surface area is 149 Å². The van der Waals surface area contributed by atoms with Gasteiger partial charge in [0.05, 0.1) is 17.1 Å². The Hall–Kier alpha value is -3.23. The fourth-order valence-electron chi connectivity index (χ4n) is 3.16. The number of aromatic nitrogens is 3. The second-order valence-electron chi connectivity index (χ2n) is 5.71. The first-order chi connectivity index (χ1) is 12.6. The average molecular weight is 357 g/mol. The van der Waals surface area contributed by atoms with Crippen LogP contribution < -0.4 is 5.32 Å². The molecular formula is C17H19N5O4. The minimum atomic E-state index is -0.787. The molecule has 2 atom stereocenters. The first kappa shape index (κ1) is 17.6. The number of nitro benzene ring substituents is 1. The Bertz CT molecular complexity index is 860. The lowest BCUT2D eigenvalue weighted by Gasteiger charge is -2.33. The van der Waals surface area contributed by atoms with Crippen LogP contribution in [-0.2, 0) is 9.53 Å². The molecule has 136 valence electrons. The zero-order valence-corrected chi connectivity index (χ0v) is 14.5. The van der Waals surface area contributed by atoms with Crippen LogP contribution >= 0.6 is 0 Å². The SMILES string of the molecule is CC/C=C1\Nc2ncnn2[C@H](c2ccccc2[N+](=O)[O-])[C@H]1C(=O)OCC. The highest BCUT2D eigenvalue weighted by molar-refractivity contribution is 5.79. The number of nitro groups is 1. The third-order valence-electron chi connectivity index (χ3n) is 4.16. The fraction of sp³-hybridized carbons (Fsp3) is 0.353. The van der Waals surface area contributed by atoms with E-state index in [-0.39, 0.29) is 12.3 Å². The molecule has 9 nitrogen and oxygen atoms in total. The van der Waals surface area contributed by atoms with Crippen molar-refractivity contribution in [3.63, 3.8) is 0 Å². The number of allylic oxidation sites excluding steroid dienone is 1. The number of para-hydroxylation sites is 1. The molecule has 0 amide bonds. The van der Waals surface area contributed by atoms with E-state index in [0.29, 0.717) is 23.6 Å². The van der Waals surface area contributed by atoms with E-state index in [0.717, 1.165) is 0 Å². The van der Waals surface area contributed by atoms with Gasteiger partial charge in [0.1, 0.15) is 18.3 Å². The van der Waals surface area contributed by atoms with Crippen LogP contribution in [0.5, 0.6) is 0 Å². The van der Waals surface area contributed by atoms with E-state index in [1.807, 2.05) is 13.0 Å². The van der Waals surface area contributed by atoms with E-state index in [4.69, 9.17) is 4.74 Å². The van der Waals surface area contributed by atoms with E-state index in [1.54, 1.807) is 25.1 Å². The monoisotopic (exact) mass is 357 g/mol. The van der Waals surface area contributed by atoms with Gasteiger partial charge in [-0.3, -0.25) is 14.9 Å². The van der Waals surface area contributed by atoms with Crippen LogP contribution in [0.15, 0.2) is 42.4 Å². The predicted molar refractivity (Wildman–Crippen MR) is 93.4 cm³/mol. The van der Waals surface area contributed by atoms with Gasteiger partial charge in [-0.2, -0.15) is 10.1 Å². The third kappa shape index (κ3) is 3.03. The molecular weight excluding hydrogens is 338 g/mol. The molecule has 0 spiro atoms. The number of hydrogen-bond acceptors (Lipinski definition) is 7. The first-order valence-electron chi connectivity index (χ1n) is 8.35. The van der Waals surface area contributed by atoms with Crippen LogP contribution in [0, 0.1) is 16.0 Å². The third-order valence-corrected chi connectivity index (χ3v) is 4.16. The van der Waals surface area contributed by atoms with Crippen molar-refractivity contribution in [1.29, 1.82) is 0 Å². The summed E-state index contributed by atoms with van der Waals surface area (Å²) in [5.41, 5.74) is 0.909. The maximum absolute atomic E-state index is 12.7. The number of nitrogens with one attached hydrogen (secondary N) is 1. The van der Waals surface area contributed by atoms with Crippen molar-refractivity contribution in [2.24, 2.45) is 5.92 Å². The molecule has 2 heterocycles. The van der Waals surface area contributed by atoms with Gasteiger partial charge in [0, 0.05) is 11.8 Å². The number of esters is 1. The van der Waals surface area contributed by atoms with Gasteiger partial charge in [0.2, 0.25) is 5.95 Å². The summed E-state index contributed by atoms with van der Waals surface area (Å²) in [5, 5.41) is 18.8.